The van der Waals surface area contributed by atoms with Gasteiger partial charge in [-0.25, -0.2) is 0 Å². The number of aromatic nitrogens is 2. The minimum Gasteiger partial charge on any atom is -0.332 e. The summed E-state index contributed by atoms with van der Waals surface area (Å²) in [6, 6.07) is 28.3. The second-order valence-corrected chi connectivity index (χ2v) is 8.15. The van der Waals surface area contributed by atoms with E-state index in [2.05, 4.69) is 46.4 Å². The molecule has 5 heteroatoms. The predicted octanol–water partition coefficient (Wildman–Crippen LogP) is 5.46. The summed E-state index contributed by atoms with van der Waals surface area (Å²) in [4.78, 5) is 24.4. The summed E-state index contributed by atoms with van der Waals surface area (Å²) in [5.74, 6) is 0.457. The molecule has 4 rings (SSSR count). The summed E-state index contributed by atoms with van der Waals surface area (Å²) in [7, 11) is 0. The molecule has 0 spiro atoms. The van der Waals surface area contributed by atoms with Gasteiger partial charge in [0.05, 0.1) is 18.0 Å². The van der Waals surface area contributed by atoms with E-state index in [1.165, 1.54) is 22.9 Å². The zero-order valence-electron chi connectivity index (χ0n) is 17.1. The van der Waals surface area contributed by atoms with Crippen LogP contribution in [-0.2, 0) is 17.9 Å². The normalized spacial score (nSPS) is 10.6. The maximum atomic E-state index is 13.1. The molecule has 0 unspecified atom stereocenters. The fourth-order valence-electron chi connectivity index (χ4n) is 3.24. The molecule has 0 fully saturated rings. The second kappa shape index (κ2) is 10.5. The third-order valence-corrected chi connectivity index (χ3v) is 5.88. The zero-order valence-corrected chi connectivity index (χ0v) is 17.9. The number of hydrogen-bond acceptors (Lipinski definition) is 4. The molecule has 2 aromatic carbocycles. The number of benzene rings is 2. The van der Waals surface area contributed by atoms with Crippen molar-refractivity contribution in [2.45, 2.75) is 18.0 Å². The first-order valence-electron chi connectivity index (χ1n) is 10.1. The number of carbonyl (C=O) groups excluding carboxylic acids is 1. The van der Waals surface area contributed by atoms with Crippen LogP contribution < -0.4 is 0 Å². The average molecular weight is 426 g/mol. The van der Waals surface area contributed by atoms with Crippen molar-refractivity contribution in [3.05, 3.63) is 115 Å². The largest absolute Gasteiger partial charge is 0.332 e. The number of amides is 1. The van der Waals surface area contributed by atoms with Gasteiger partial charge in [-0.05, 0) is 41.0 Å². The first-order chi connectivity index (χ1) is 15.3. The van der Waals surface area contributed by atoms with E-state index in [9.17, 15) is 4.79 Å². The summed E-state index contributed by atoms with van der Waals surface area (Å²) in [5, 5.41) is 0. The van der Waals surface area contributed by atoms with Gasteiger partial charge in [0.2, 0.25) is 5.91 Å². The quantitative estimate of drug-likeness (QED) is 0.352. The Hall–Kier alpha value is -3.44. The van der Waals surface area contributed by atoms with Crippen LogP contribution in [0.15, 0.2) is 108 Å². The molecule has 4 nitrogen and oxygen atoms in total. The molecule has 0 bridgehead atoms. The molecule has 0 N–H and O–H groups in total. The van der Waals surface area contributed by atoms with Crippen molar-refractivity contribution in [1.29, 1.82) is 0 Å². The Kier molecular flexibility index (Phi) is 7.08. The summed E-state index contributed by atoms with van der Waals surface area (Å²) in [6.07, 6.45) is 5.25. The molecule has 0 saturated carbocycles. The van der Waals surface area contributed by atoms with Gasteiger partial charge < -0.3 is 4.90 Å². The van der Waals surface area contributed by atoms with E-state index in [4.69, 9.17) is 0 Å². The summed E-state index contributed by atoms with van der Waals surface area (Å²) >= 11 is 1.53. The van der Waals surface area contributed by atoms with E-state index in [-0.39, 0.29) is 5.91 Å². The van der Waals surface area contributed by atoms with Crippen LogP contribution in [0.5, 0.6) is 0 Å². The number of nitrogens with zero attached hydrogens (tertiary/aromatic N) is 3. The van der Waals surface area contributed by atoms with Crippen LogP contribution in [0.4, 0.5) is 0 Å². The molecule has 0 radical (unpaired) electrons. The van der Waals surface area contributed by atoms with E-state index in [1.54, 1.807) is 18.6 Å². The smallest absolute Gasteiger partial charge is 0.233 e. The third kappa shape index (κ3) is 6.03. The van der Waals surface area contributed by atoms with Crippen molar-refractivity contribution in [3.8, 4) is 11.1 Å². The second-order valence-electron chi connectivity index (χ2n) is 7.11. The summed E-state index contributed by atoms with van der Waals surface area (Å²) < 4.78 is 0. The van der Waals surface area contributed by atoms with Gasteiger partial charge in [0.1, 0.15) is 0 Å². The Balaban J connectivity index is 1.47. The van der Waals surface area contributed by atoms with E-state index in [0.717, 1.165) is 16.2 Å². The van der Waals surface area contributed by atoms with Crippen molar-refractivity contribution < 1.29 is 4.79 Å². The number of thioether (sulfide) groups is 1. The van der Waals surface area contributed by atoms with Crippen LogP contribution in [0, 0.1) is 0 Å². The first-order valence-corrected chi connectivity index (χ1v) is 11.1. The highest BCUT2D eigenvalue weighted by atomic mass is 32.2. The molecule has 0 aliphatic rings. The summed E-state index contributed by atoms with van der Waals surface area (Å²) in [5.41, 5.74) is 4.33. The van der Waals surface area contributed by atoms with Gasteiger partial charge in [-0.3, -0.25) is 14.8 Å². The standard InChI is InChI=1S/C26H23N3OS/c30-26(20-31-25-13-16-27-17-14-25)29(19-24-8-4-5-15-28-24)18-21-9-11-23(12-10-21)22-6-2-1-3-7-22/h1-17H,18-20H2. The van der Waals surface area contributed by atoms with Crippen LogP contribution in [-0.4, -0.2) is 26.5 Å². The monoisotopic (exact) mass is 425 g/mol. The molecule has 0 aliphatic heterocycles. The van der Waals surface area contributed by atoms with Gasteiger partial charge in [0.15, 0.2) is 0 Å². The van der Waals surface area contributed by atoms with Crippen LogP contribution >= 0.6 is 11.8 Å². The minimum atomic E-state index is 0.0830. The van der Waals surface area contributed by atoms with Gasteiger partial charge in [-0.2, -0.15) is 0 Å². The fraction of sp³-hybridized carbons (Fsp3) is 0.115. The van der Waals surface area contributed by atoms with Gasteiger partial charge in [-0.15, -0.1) is 11.8 Å². The van der Waals surface area contributed by atoms with Gasteiger partial charge in [0, 0.05) is 30.0 Å². The number of rotatable bonds is 8. The average Bonchev–Trinajstić information content (AvgIpc) is 2.84. The molecule has 2 heterocycles. The fourth-order valence-corrected chi connectivity index (χ4v) is 4.03. The maximum absolute atomic E-state index is 13.1. The molecule has 0 atom stereocenters. The summed E-state index contributed by atoms with van der Waals surface area (Å²) in [6.45, 7) is 1.03. The molecule has 154 valence electrons. The van der Waals surface area contributed by atoms with E-state index in [1.807, 2.05) is 53.4 Å². The molecular formula is C26H23N3OS. The van der Waals surface area contributed by atoms with Crippen molar-refractivity contribution in [3.63, 3.8) is 0 Å². The topological polar surface area (TPSA) is 46.1 Å². The lowest BCUT2D eigenvalue weighted by Crippen LogP contribution is -2.31. The Morgan fingerprint density at radius 3 is 2.16 bits per heavy atom. The molecule has 2 aromatic heterocycles. The Morgan fingerprint density at radius 2 is 1.45 bits per heavy atom. The van der Waals surface area contributed by atoms with Crippen LogP contribution in [0.1, 0.15) is 11.3 Å². The molecule has 0 saturated heterocycles. The Morgan fingerprint density at radius 1 is 0.742 bits per heavy atom. The third-order valence-electron chi connectivity index (χ3n) is 4.88. The molecule has 31 heavy (non-hydrogen) atoms. The molecule has 4 aromatic rings. The lowest BCUT2D eigenvalue weighted by molar-refractivity contribution is -0.129. The van der Waals surface area contributed by atoms with Crippen molar-refractivity contribution in [2.24, 2.45) is 0 Å². The lowest BCUT2D eigenvalue weighted by Gasteiger charge is -2.23. The highest BCUT2D eigenvalue weighted by Gasteiger charge is 2.16. The lowest BCUT2D eigenvalue weighted by atomic mass is 10.0. The van der Waals surface area contributed by atoms with Crippen molar-refractivity contribution in [2.75, 3.05) is 5.75 Å². The van der Waals surface area contributed by atoms with Crippen molar-refractivity contribution in [1.82, 2.24) is 14.9 Å². The van der Waals surface area contributed by atoms with E-state index >= 15 is 0 Å². The van der Waals surface area contributed by atoms with Crippen LogP contribution in [0.2, 0.25) is 0 Å². The highest BCUT2D eigenvalue weighted by Crippen LogP contribution is 2.21. The van der Waals surface area contributed by atoms with E-state index < -0.39 is 0 Å². The molecule has 1 amide bonds. The Labute approximate surface area is 187 Å². The molecule has 0 aliphatic carbocycles. The van der Waals surface area contributed by atoms with Crippen LogP contribution in [0.25, 0.3) is 11.1 Å². The van der Waals surface area contributed by atoms with Gasteiger partial charge in [-0.1, -0.05) is 60.7 Å². The van der Waals surface area contributed by atoms with E-state index in [0.29, 0.717) is 18.8 Å². The first kappa shape index (κ1) is 20.8. The van der Waals surface area contributed by atoms with Gasteiger partial charge in [0.25, 0.3) is 0 Å². The molecular weight excluding hydrogens is 402 g/mol. The maximum Gasteiger partial charge on any atom is 0.233 e. The predicted molar refractivity (Wildman–Crippen MR) is 125 cm³/mol. The number of carbonyl (C=O) groups is 1. The van der Waals surface area contributed by atoms with Gasteiger partial charge >= 0.3 is 0 Å². The number of pyridine rings is 2. The number of hydrogen-bond donors (Lipinski definition) is 0. The van der Waals surface area contributed by atoms with Crippen molar-refractivity contribution >= 4 is 17.7 Å². The SMILES string of the molecule is O=C(CSc1ccncc1)N(Cc1ccc(-c2ccccc2)cc1)Cc1ccccn1. The highest BCUT2D eigenvalue weighted by molar-refractivity contribution is 8.00. The van der Waals surface area contributed by atoms with Crippen LogP contribution in [0.3, 0.4) is 0 Å². The zero-order chi connectivity index (χ0) is 21.3. The Bertz CT molecular complexity index is 1090. The minimum absolute atomic E-state index is 0.0830.